The molecule has 0 radical (unpaired) electrons. The fourth-order valence-corrected chi connectivity index (χ4v) is 4.01. The standard InChI is InChI=1S/C26H23ClN6O4/c1-37-26(36)29-17-11-12-18-20(13-17)30-21(34)6-4-2-3-5-19(24-32-22(18)23(27)33-24)31-25(35)16-9-7-15(14-28)8-10-16/h2-3,7-13,19H,4-6H2,1H3,(H,29,36)(H,30,34)(H,31,35)(H,32,33)/b3-2-/t19-/m0/s1. The summed E-state index contributed by atoms with van der Waals surface area (Å²) >= 11 is 6.53. The van der Waals surface area contributed by atoms with Crippen LogP contribution in [0.1, 0.15) is 47.1 Å². The lowest BCUT2D eigenvalue weighted by atomic mass is 10.1. The minimum Gasteiger partial charge on any atom is -0.453 e. The Morgan fingerprint density at radius 3 is 2.70 bits per heavy atom. The number of halogens is 1. The Hall–Kier alpha value is -4.62. The van der Waals surface area contributed by atoms with Gasteiger partial charge in [0.2, 0.25) is 5.91 Å². The van der Waals surface area contributed by atoms with Crippen LogP contribution >= 0.6 is 11.6 Å². The van der Waals surface area contributed by atoms with Crippen molar-refractivity contribution < 1.29 is 19.1 Å². The summed E-state index contributed by atoms with van der Waals surface area (Å²) in [4.78, 5) is 44.9. The smallest absolute Gasteiger partial charge is 0.411 e. The van der Waals surface area contributed by atoms with E-state index in [1.807, 2.05) is 18.2 Å². The van der Waals surface area contributed by atoms with Gasteiger partial charge >= 0.3 is 6.09 Å². The third-order valence-electron chi connectivity index (χ3n) is 5.65. The molecular formula is C26H23ClN6O4. The number of benzene rings is 2. The van der Waals surface area contributed by atoms with Crippen LogP contribution < -0.4 is 16.0 Å². The molecule has 1 atom stereocenters. The Bertz CT molecular complexity index is 1410. The van der Waals surface area contributed by atoms with Gasteiger partial charge < -0.3 is 20.4 Å². The highest BCUT2D eigenvalue weighted by Crippen LogP contribution is 2.35. The molecule has 3 aromatic rings. The minimum atomic E-state index is -0.651. The van der Waals surface area contributed by atoms with Crippen LogP contribution in [0.15, 0.2) is 54.6 Å². The van der Waals surface area contributed by atoms with Gasteiger partial charge in [0, 0.05) is 23.2 Å². The number of aromatic amines is 1. The molecule has 1 aliphatic rings. The van der Waals surface area contributed by atoms with Crippen LogP contribution in [-0.2, 0) is 9.53 Å². The second kappa shape index (κ2) is 11.4. The second-order valence-electron chi connectivity index (χ2n) is 8.17. The Labute approximate surface area is 217 Å². The number of nitrogens with one attached hydrogen (secondary N) is 4. The van der Waals surface area contributed by atoms with E-state index in [1.54, 1.807) is 42.5 Å². The van der Waals surface area contributed by atoms with E-state index >= 15 is 0 Å². The number of hydrogen-bond donors (Lipinski definition) is 4. The van der Waals surface area contributed by atoms with Crippen LogP contribution in [0.5, 0.6) is 0 Å². The third-order valence-corrected chi connectivity index (χ3v) is 5.92. The summed E-state index contributed by atoms with van der Waals surface area (Å²) in [6.07, 6.45) is 4.20. The number of hydrogen-bond acceptors (Lipinski definition) is 6. The van der Waals surface area contributed by atoms with Crippen LogP contribution in [0, 0.1) is 11.3 Å². The van der Waals surface area contributed by atoms with Crippen molar-refractivity contribution in [1.29, 1.82) is 5.26 Å². The molecule has 188 valence electrons. The zero-order valence-electron chi connectivity index (χ0n) is 19.8. The van der Waals surface area contributed by atoms with Gasteiger partial charge in [-0.1, -0.05) is 23.8 Å². The first-order valence-corrected chi connectivity index (χ1v) is 11.8. The zero-order chi connectivity index (χ0) is 26.4. The summed E-state index contributed by atoms with van der Waals surface area (Å²) in [7, 11) is 1.25. The number of amides is 3. The van der Waals surface area contributed by atoms with Gasteiger partial charge in [0.15, 0.2) is 0 Å². The highest BCUT2D eigenvalue weighted by atomic mass is 35.5. The van der Waals surface area contributed by atoms with Crippen LogP contribution in [0.4, 0.5) is 16.2 Å². The van der Waals surface area contributed by atoms with Crippen molar-refractivity contribution in [2.24, 2.45) is 0 Å². The number of rotatable bonds is 3. The number of carbonyl (C=O) groups excluding carboxylic acids is 3. The summed E-state index contributed by atoms with van der Waals surface area (Å²) in [5.74, 6) is -0.130. The lowest BCUT2D eigenvalue weighted by molar-refractivity contribution is -0.116. The predicted molar refractivity (Wildman–Crippen MR) is 138 cm³/mol. The number of allylic oxidation sites excluding steroid dienone is 1. The molecule has 1 aromatic heterocycles. The van der Waals surface area contributed by atoms with Crippen molar-refractivity contribution >= 4 is 40.9 Å². The summed E-state index contributed by atoms with van der Waals surface area (Å²) < 4.78 is 4.64. The molecule has 0 unspecified atom stereocenters. The Morgan fingerprint density at radius 2 is 1.97 bits per heavy atom. The first kappa shape index (κ1) is 25.5. The molecule has 0 aliphatic carbocycles. The molecule has 2 heterocycles. The maximum atomic E-state index is 12.9. The van der Waals surface area contributed by atoms with Crippen molar-refractivity contribution in [3.05, 3.63) is 76.7 Å². The van der Waals surface area contributed by atoms with Crippen LogP contribution in [-0.4, -0.2) is 35.0 Å². The molecule has 0 spiro atoms. The zero-order valence-corrected chi connectivity index (χ0v) is 20.6. The quantitative estimate of drug-likeness (QED) is 0.361. The molecule has 11 heteroatoms. The summed E-state index contributed by atoms with van der Waals surface area (Å²) in [6, 6.07) is 12.7. The van der Waals surface area contributed by atoms with E-state index in [4.69, 9.17) is 16.9 Å². The summed E-state index contributed by atoms with van der Waals surface area (Å²) in [5.41, 5.74) is 2.57. The van der Waals surface area contributed by atoms with E-state index in [1.165, 1.54) is 7.11 Å². The van der Waals surface area contributed by atoms with Crippen LogP contribution in [0.25, 0.3) is 11.3 Å². The molecule has 0 saturated heterocycles. The molecule has 1 aliphatic heterocycles. The normalized spacial score (nSPS) is 15.9. The van der Waals surface area contributed by atoms with Crippen molar-refractivity contribution in [1.82, 2.24) is 15.3 Å². The van der Waals surface area contributed by atoms with Gasteiger partial charge in [0.05, 0.1) is 30.5 Å². The van der Waals surface area contributed by atoms with Gasteiger partial charge in [0.25, 0.3) is 5.91 Å². The van der Waals surface area contributed by atoms with Crippen molar-refractivity contribution in [3.63, 3.8) is 0 Å². The van der Waals surface area contributed by atoms with Gasteiger partial charge in [-0.05, 0) is 55.3 Å². The fourth-order valence-electron chi connectivity index (χ4n) is 3.77. The average Bonchev–Trinajstić information content (AvgIpc) is 3.28. The van der Waals surface area contributed by atoms with Crippen molar-refractivity contribution in [3.8, 4) is 17.3 Å². The van der Waals surface area contributed by atoms with Crippen molar-refractivity contribution in [2.75, 3.05) is 17.7 Å². The van der Waals surface area contributed by atoms with Gasteiger partial charge in [-0.3, -0.25) is 14.9 Å². The Morgan fingerprint density at radius 1 is 1.19 bits per heavy atom. The number of methoxy groups -OCH3 is 1. The molecule has 10 nitrogen and oxygen atoms in total. The number of nitriles is 1. The van der Waals surface area contributed by atoms with E-state index in [0.717, 1.165) is 0 Å². The summed E-state index contributed by atoms with van der Waals surface area (Å²) in [6.45, 7) is 0. The van der Waals surface area contributed by atoms with Crippen molar-refractivity contribution in [2.45, 2.75) is 25.3 Å². The van der Waals surface area contributed by atoms with Gasteiger partial charge in [-0.25, -0.2) is 9.78 Å². The van der Waals surface area contributed by atoms with E-state index in [9.17, 15) is 14.4 Å². The number of aromatic nitrogens is 2. The molecule has 2 bridgehead atoms. The molecule has 3 amide bonds. The monoisotopic (exact) mass is 518 g/mol. The number of nitrogens with zero attached hydrogens (tertiary/aromatic N) is 2. The number of fused-ring (bicyclic) bond motifs is 4. The SMILES string of the molecule is COC(=O)Nc1ccc2c(c1)NC(=O)CC/C=C\C[C@H](NC(=O)c1ccc(C#N)cc1)c1nc-2c(Cl)[nH]1. The Kier molecular flexibility index (Phi) is 7.86. The third kappa shape index (κ3) is 6.15. The first-order chi connectivity index (χ1) is 17.9. The maximum absolute atomic E-state index is 12.9. The highest BCUT2D eigenvalue weighted by Gasteiger charge is 2.23. The molecule has 4 rings (SSSR count). The first-order valence-electron chi connectivity index (χ1n) is 11.4. The number of anilines is 2. The predicted octanol–water partition coefficient (Wildman–Crippen LogP) is 4.93. The minimum absolute atomic E-state index is 0.220. The topological polar surface area (TPSA) is 149 Å². The summed E-state index contributed by atoms with van der Waals surface area (Å²) in [5, 5.41) is 17.6. The number of carbonyl (C=O) groups is 3. The van der Waals surface area contributed by atoms with E-state index in [0.29, 0.717) is 52.4 Å². The Balaban J connectivity index is 1.70. The van der Waals surface area contributed by atoms with Crippen LogP contribution in [0.3, 0.4) is 0 Å². The van der Waals surface area contributed by atoms with E-state index < -0.39 is 12.1 Å². The molecule has 0 saturated carbocycles. The van der Waals surface area contributed by atoms with Gasteiger partial charge in [-0.15, -0.1) is 0 Å². The average molecular weight is 519 g/mol. The number of H-pyrrole nitrogens is 1. The fraction of sp³-hybridized carbons (Fsp3) is 0.192. The molecule has 0 fully saturated rings. The largest absolute Gasteiger partial charge is 0.453 e. The lowest BCUT2D eigenvalue weighted by Gasteiger charge is -2.15. The molecule has 2 aromatic carbocycles. The van der Waals surface area contributed by atoms with Crippen LogP contribution in [0.2, 0.25) is 5.15 Å². The molecule has 4 N–H and O–H groups in total. The van der Waals surface area contributed by atoms with E-state index in [2.05, 4.69) is 30.7 Å². The van der Waals surface area contributed by atoms with Gasteiger partial charge in [-0.2, -0.15) is 5.26 Å². The van der Waals surface area contributed by atoms with E-state index in [-0.39, 0.29) is 23.4 Å². The lowest BCUT2D eigenvalue weighted by Crippen LogP contribution is -2.29. The highest BCUT2D eigenvalue weighted by molar-refractivity contribution is 6.32. The molecular weight excluding hydrogens is 496 g/mol. The van der Waals surface area contributed by atoms with Gasteiger partial charge in [0.1, 0.15) is 16.7 Å². The molecule has 37 heavy (non-hydrogen) atoms. The number of imidazole rings is 1. The number of ether oxygens (including phenoxy) is 1. The second-order valence-corrected chi connectivity index (χ2v) is 8.55. The maximum Gasteiger partial charge on any atom is 0.411 e.